The molecule has 0 radical (unpaired) electrons. The van der Waals surface area contributed by atoms with Gasteiger partial charge in [-0.05, 0) is 54.6 Å². The molecule has 0 bridgehead atoms. The molecule has 4 rings (SSSR count). The van der Waals surface area contributed by atoms with Crippen molar-refractivity contribution in [2.24, 2.45) is 7.05 Å². The van der Waals surface area contributed by atoms with Crippen molar-refractivity contribution < 1.29 is 9.84 Å². The minimum atomic E-state index is -0.175. The number of rotatable bonds is 7. The van der Waals surface area contributed by atoms with Crippen molar-refractivity contribution >= 4 is 22.5 Å². The van der Waals surface area contributed by atoms with Gasteiger partial charge in [-0.2, -0.15) is 0 Å². The van der Waals surface area contributed by atoms with Crippen LogP contribution >= 0.6 is 11.6 Å². The number of hydrogen-bond acceptors (Lipinski definition) is 4. The molecule has 0 saturated heterocycles. The Bertz CT molecular complexity index is 1230. The maximum absolute atomic E-state index is 12.7. The van der Waals surface area contributed by atoms with Crippen molar-refractivity contribution in [3.8, 4) is 11.4 Å². The second-order valence-electron chi connectivity index (χ2n) is 7.09. The van der Waals surface area contributed by atoms with Crippen LogP contribution in [0.25, 0.3) is 16.6 Å². The maximum Gasteiger partial charge on any atom is 0.258 e. The molecule has 1 aromatic carbocycles. The minimum absolute atomic E-state index is 0.171. The van der Waals surface area contributed by atoms with Crippen molar-refractivity contribution in [2.75, 3.05) is 6.61 Å². The lowest BCUT2D eigenvalue weighted by atomic mass is 10.2. The molecule has 4 aromatic rings. The van der Waals surface area contributed by atoms with Gasteiger partial charge in [0.15, 0.2) is 0 Å². The Morgan fingerprint density at radius 1 is 1.13 bits per heavy atom. The van der Waals surface area contributed by atoms with Crippen LogP contribution < -0.4 is 10.3 Å². The predicted molar refractivity (Wildman–Crippen MR) is 118 cm³/mol. The van der Waals surface area contributed by atoms with Gasteiger partial charge in [0.05, 0.1) is 21.9 Å². The average Bonchev–Trinajstić information content (AvgIpc) is 3.07. The zero-order valence-corrected chi connectivity index (χ0v) is 17.3. The van der Waals surface area contributed by atoms with Gasteiger partial charge >= 0.3 is 0 Å². The fraction of sp³-hybridized carbons (Fsp3) is 0.217. The summed E-state index contributed by atoms with van der Waals surface area (Å²) < 4.78 is 9.39. The molecule has 0 fully saturated rings. The minimum Gasteiger partial charge on any atom is -0.487 e. The second-order valence-corrected chi connectivity index (χ2v) is 7.53. The van der Waals surface area contributed by atoms with Gasteiger partial charge in [-0.15, -0.1) is 0 Å². The highest BCUT2D eigenvalue weighted by Gasteiger charge is 2.09. The van der Waals surface area contributed by atoms with E-state index in [4.69, 9.17) is 21.4 Å². The molecule has 0 spiro atoms. The number of aliphatic hydroxyl groups excluding tert-OH is 1. The molecule has 0 amide bonds. The van der Waals surface area contributed by atoms with Crippen LogP contribution in [-0.2, 0) is 20.1 Å². The molecule has 1 N–H and O–H groups in total. The van der Waals surface area contributed by atoms with Crippen LogP contribution in [0.15, 0.2) is 65.7 Å². The first-order valence-electron chi connectivity index (χ1n) is 9.70. The van der Waals surface area contributed by atoms with Gasteiger partial charge in [-0.3, -0.25) is 14.3 Å². The number of nitrogens with zero attached hydrogens (tertiary/aromatic N) is 3. The van der Waals surface area contributed by atoms with Crippen LogP contribution in [0.1, 0.15) is 17.8 Å². The predicted octanol–water partition coefficient (Wildman–Crippen LogP) is 3.88. The molecule has 0 aliphatic rings. The van der Waals surface area contributed by atoms with Crippen molar-refractivity contribution in [1.29, 1.82) is 0 Å². The Kier molecular flexibility index (Phi) is 5.88. The van der Waals surface area contributed by atoms with Crippen molar-refractivity contribution in [2.45, 2.75) is 19.4 Å². The number of aliphatic hydroxyl groups is 1. The molecule has 0 saturated carbocycles. The Balaban J connectivity index is 1.56. The highest BCUT2D eigenvalue weighted by atomic mass is 35.5. The summed E-state index contributed by atoms with van der Waals surface area (Å²) in [6.07, 6.45) is 4.81. The normalized spacial score (nSPS) is 11.2. The summed E-state index contributed by atoms with van der Waals surface area (Å²) >= 11 is 5.84. The highest BCUT2D eigenvalue weighted by Crippen LogP contribution is 2.23. The molecule has 0 aliphatic heterocycles. The van der Waals surface area contributed by atoms with Gasteiger partial charge in [0.1, 0.15) is 12.4 Å². The van der Waals surface area contributed by atoms with E-state index in [1.54, 1.807) is 35.2 Å². The molecule has 7 heteroatoms. The van der Waals surface area contributed by atoms with Crippen LogP contribution in [0.4, 0.5) is 0 Å². The van der Waals surface area contributed by atoms with E-state index < -0.39 is 0 Å². The molecular weight excluding hydrogens is 402 g/mol. The fourth-order valence-corrected chi connectivity index (χ4v) is 3.55. The lowest BCUT2D eigenvalue weighted by Crippen LogP contribution is -2.16. The number of benzene rings is 1. The first-order valence-corrected chi connectivity index (χ1v) is 10.1. The van der Waals surface area contributed by atoms with Crippen LogP contribution in [0.3, 0.4) is 0 Å². The van der Waals surface area contributed by atoms with E-state index in [1.165, 1.54) is 6.07 Å². The zero-order chi connectivity index (χ0) is 21.1. The first kappa shape index (κ1) is 20.2. The van der Waals surface area contributed by atoms with E-state index in [0.29, 0.717) is 10.8 Å². The maximum atomic E-state index is 12.7. The van der Waals surface area contributed by atoms with Crippen LogP contribution in [0.5, 0.6) is 5.75 Å². The molecule has 0 unspecified atom stereocenters. The molecule has 30 heavy (non-hydrogen) atoms. The number of halogens is 1. The number of pyridine rings is 2. The SMILES string of the molecule is Cn1c(CCCO)cc2ccc(-n3ccc(OCc4ccc(Cl)cn4)cc3=O)cc21. The van der Waals surface area contributed by atoms with Crippen molar-refractivity contribution in [3.63, 3.8) is 0 Å². The Hall–Kier alpha value is -3.09. The highest BCUT2D eigenvalue weighted by molar-refractivity contribution is 6.30. The Morgan fingerprint density at radius 3 is 2.73 bits per heavy atom. The van der Waals surface area contributed by atoms with Gasteiger partial charge in [0.25, 0.3) is 5.56 Å². The molecule has 0 atom stereocenters. The number of hydrogen-bond donors (Lipinski definition) is 1. The average molecular weight is 424 g/mol. The van der Waals surface area contributed by atoms with Gasteiger partial charge in [0, 0.05) is 37.8 Å². The summed E-state index contributed by atoms with van der Waals surface area (Å²) in [6.45, 7) is 0.428. The Labute approximate surface area is 178 Å². The largest absolute Gasteiger partial charge is 0.487 e. The van der Waals surface area contributed by atoms with Gasteiger partial charge < -0.3 is 14.4 Å². The van der Waals surface area contributed by atoms with Crippen LogP contribution in [-0.4, -0.2) is 25.8 Å². The number of aromatic nitrogens is 3. The summed E-state index contributed by atoms with van der Waals surface area (Å²) in [5.41, 5.74) is 3.54. The summed E-state index contributed by atoms with van der Waals surface area (Å²) in [5, 5.41) is 10.8. The van der Waals surface area contributed by atoms with Gasteiger partial charge in [0.2, 0.25) is 0 Å². The van der Waals surface area contributed by atoms with E-state index in [9.17, 15) is 4.79 Å². The Morgan fingerprint density at radius 2 is 2.00 bits per heavy atom. The smallest absolute Gasteiger partial charge is 0.258 e. The topological polar surface area (TPSA) is 69.3 Å². The molecule has 3 heterocycles. The third kappa shape index (κ3) is 4.25. The quantitative estimate of drug-likeness (QED) is 0.489. The second kappa shape index (κ2) is 8.73. The number of fused-ring (bicyclic) bond motifs is 1. The number of ether oxygens (including phenoxy) is 1. The van der Waals surface area contributed by atoms with E-state index in [0.717, 1.165) is 40.8 Å². The number of aryl methyl sites for hydroxylation is 2. The monoisotopic (exact) mass is 423 g/mol. The van der Waals surface area contributed by atoms with Gasteiger partial charge in [-0.1, -0.05) is 17.7 Å². The molecular formula is C23H22ClN3O3. The van der Waals surface area contributed by atoms with E-state index >= 15 is 0 Å². The standard InChI is InChI=1S/C23H22ClN3O3/c1-26-19(3-2-10-28)11-16-4-7-20(12-22(16)26)27-9-8-21(13-23(27)29)30-15-18-6-5-17(24)14-25-18/h4-9,11-14,28H,2-3,10,15H2,1H3. The third-order valence-electron chi connectivity index (χ3n) is 5.06. The van der Waals surface area contributed by atoms with Gasteiger partial charge in [-0.25, -0.2) is 0 Å². The molecule has 3 aromatic heterocycles. The molecule has 154 valence electrons. The van der Waals surface area contributed by atoms with E-state index in [-0.39, 0.29) is 18.8 Å². The fourth-order valence-electron chi connectivity index (χ4n) is 3.44. The molecule has 6 nitrogen and oxygen atoms in total. The molecule has 0 aliphatic carbocycles. The lowest BCUT2D eigenvalue weighted by Gasteiger charge is -2.10. The van der Waals surface area contributed by atoms with Crippen molar-refractivity contribution in [1.82, 2.24) is 14.1 Å². The summed E-state index contributed by atoms with van der Waals surface area (Å²) in [5.74, 6) is 0.485. The van der Waals surface area contributed by atoms with Crippen LogP contribution in [0, 0.1) is 0 Å². The van der Waals surface area contributed by atoms with E-state index in [1.807, 2.05) is 25.2 Å². The first-order chi connectivity index (χ1) is 14.5. The summed E-state index contributed by atoms with van der Waals surface area (Å²) in [7, 11) is 2.00. The summed E-state index contributed by atoms with van der Waals surface area (Å²) in [4.78, 5) is 16.9. The zero-order valence-electron chi connectivity index (χ0n) is 16.6. The summed E-state index contributed by atoms with van der Waals surface area (Å²) in [6, 6.07) is 14.8. The van der Waals surface area contributed by atoms with E-state index in [2.05, 4.69) is 15.6 Å². The van der Waals surface area contributed by atoms with Crippen molar-refractivity contribution in [3.05, 3.63) is 87.7 Å². The third-order valence-corrected chi connectivity index (χ3v) is 5.29. The van der Waals surface area contributed by atoms with Crippen LogP contribution in [0.2, 0.25) is 5.02 Å². The lowest BCUT2D eigenvalue weighted by molar-refractivity contribution is 0.287.